The van der Waals surface area contributed by atoms with Crippen molar-refractivity contribution in [2.24, 2.45) is 0 Å². The minimum atomic E-state index is -0.917. The molecule has 0 bridgehead atoms. The number of hydrogen-bond donors (Lipinski definition) is 3. The van der Waals surface area contributed by atoms with Crippen LogP contribution in [0.3, 0.4) is 0 Å². The second-order valence-corrected chi connectivity index (χ2v) is 6.28. The van der Waals surface area contributed by atoms with Crippen LogP contribution in [0.4, 0.5) is 0 Å². The van der Waals surface area contributed by atoms with Crippen LogP contribution in [-0.4, -0.2) is 30.4 Å². The monoisotopic (exact) mass is 383 g/mol. The summed E-state index contributed by atoms with van der Waals surface area (Å²) < 4.78 is 11.0. The van der Waals surface area contributed by atoms with Gasteiger partial charge in [-0.05, 0) is 42.7 Å². The zero-order valence-electron chi connectivity index (χ0n) is 15.1. The van der Waals surface area contributed by atoms with E-state index in [-0.39, 0.29) is 12.6 Å². The summed E-state index contributed by atoms with van der Waals surface area (Å²) in [7, 11) is 0. The number of ether oxygens (including phenoxy) is 2. The van der Waals surface area contributed by atoms with Crippen molar-refractivity contribution in [3.05, 3.63) is 60.2 Å². The first kappa shape index (κ1) is 19.2. The topological polar surface area (TPSA) is 106 Å². The van der Waals surface area contributed by atoms with E-state index < -0.39 is 17.7 Å². The highest BCUT2D eigenvalue weighted by atomic mass is 16.5. The molecule has 2 aromatic carbocycles. The quantitative estimate of drug-likeness (QED) is 0.490. The highest BCUT2D eigenvalue weighted by Gasteiger charge is 2.26. The Labute approximate surface area is 162 Å². The summed E-state index contributed by atoms with van der Waals surface area (Å²) in [6.07, 6.45) is 1.74. The molecule has 3 N–H and O–H groups in total. The van der Waals surface area contributed by atoms with Crippen LogP contribution in [0.2, 0.25) is 0 Å². The number of nitrogens with one attached hydrogen (secondary N) is 3. The van der Waals surface area contributed by atoms with Gasteiger partial charge in [0.05, 0.1) is 0 Å². The maximum Gasteiger partial charge on any atom is 0.327 e. The van der Waals surface area contributed by atoms with Crippen molar-refractivity contribution in [2.75, 3.05) is 6.61 Å². The lowest BCUT2D eigenvalue weighted by atomic mass is 10.2. The Morgan fingerprint density at radius 2 is 1.46 bits per heavy atom. The summed E-state index contributed by atoms with van der Waals surface area (Å²) in [5.41, 5.74) is 5.23. The normalized spacial score (nSPS) is 12.6. The molecule has 0 saturated heterocycles. The van der Waals surface area contributed by atoms with Gasteiger partial charge >= 0.3 is 11.8 Å². The summed E-state index contributed by atoms with van der Waals surface area (Å²) in [6.45, 7) is 0.145. The van der Waals surface area contributed by atoms with Crippen LogP contribution < -0.4 is 25.6 Å². The van der Waals surface area contributed by atoms with Gasteiger partial charge in [-0.1, -0.05) is 30.3 Å². The number of carbonyl (C=O) groups excluding carboxylic acids is 3. The third-order valence-corrected chi connectivity index (χ3v) is 3.88. The molecule has 0 aliphatic heterocycles. The molecule has 3 rings (SSSR count). The molecule has 8 heteroatoms. The molecule has 0 heterocycles. The van der Waals surface area contributed by atoms with Crippen molar-refractivity contribution in [1.29, 1.82) is 0 Å². The van der Waals surface area contributed by atoms with Crippen molar-refractivity contribution in [2.45, 2.75) is 25.5 Å². The van der Waals surface area contributed by atoms with E-state index in [2.05, 4.69) is 10.7 Å². The van der Waals surface area contributed by atoms with Gasteiger partial charge in [0.25, 0.3) is 5.91 Å². The van der Waals surface area contributed by atoms with Gasteiger partial charge in [0.15, 0.2) is 6.61 Å². The largest absolute Gasteiger partial charge is 0.489 e. The zero-order chi connectivity index (χ0) is 19.8. The first-order valence-electron chi connectivity index (χ1n) is 8.89. The summed E-state index contributed by atoms with van der Waals surface area (Å²) in [5.74, 6) is -1.12. The van der Waals surface area contributed by atoms with Crippen LogP contribution in [0, 0.1) is 0 Å². The predicted octanol–water partition coefficient (Wildman–Crippen LogP) is 1.07. The summed E-state index contributed by atoms with van der Waals surface area (Å²) in [6, 6.07) is 16.7. The maximum atomic E-state index is 11.7. The van der Waals surface area contributed by atoms with Crippen LogP contribution in [0.5, 0.6) is 11.5 Å². The van der Waals surface area contributed by atoms with Gasteiger partial charge in [0.1, 0.15) is 18.1 Å². The van der Waals surface area contributed by atoms with E-state index in [0.29, 0.717) is 18.1 Å². The molecule has 1 saturated carbocycles. The summed E-state index contributed by atoms with van der Waals surface area (Å²) in [4.78, 5) is 34.6. The molecule has 0 unspecified atom stereocenters. The van der Waals surface area contributed by atoms with Gasteiger partial charge < -0.3 is 14.8 Å². The molecule has 8 nitrogen and oxygen atoms in total. The molecule has 0 spiro atoms. The van der Waals surface area contributed by atoms with Gasteiger partial charge in [-0.15, -0.1) is 0 Å². The number of hydrazine groups is 1. The second-order valence-electron chi connectivity index (χ2n) is 6.28. The van der Waals surface area contributed by atoms with Gasteiger partial charge in [0.2, 0.25) is 0 Å². The number of amides is 3. The fourth-order valence-electron chi connectivity index (χ4n) is 2.22. The van der Waals surface area contributed by atoms with Gasteiger partial charge in [-0.2, -0.15) is 0 Å². The second kappa shape index (κ2) is 9.40. The average molecular weight is 383 g/mol. The molecule has 2 aromatic rings. The average Bonchev–Trinajstić information content (AvgIpc) is 3.54. The van der Waals surface area contributed by atoms with Crippen molar-refractivity contribution in [3.63, 3.8) is 0 Å². The Bertz CT molecular complexity index is 819. The van der Waals surface area contributed by atoms with E-state index in [1.807, 2.05) is 35.8 Å². The molecular weight excluding hydrogens is 362 g/mol. The van der Waals surface area contributed by atoms with E-state index in [4.69, 9.17) is 9.47 Å². The highest BCUT2D eigenvalue weighted by Crippen LogP contribution is 2.19. The Morgan fingerprint density at radius 1 is 0.821 bits per heavy atom. The lowest BCUT2D eigenvalue weighted by Gasteiger charge is -2.10. The van der Waals surface area contributed by atoms with Gasteiger partial charge in [-0.3, -0.25) is 25.2 Å². The molecule has 1 aliphatic carbocycles. The summed E-state index contributed by atoms with van der Waals surface area (Å²) >= 11 is 0. The first-order valence-corrected chi connectivity index (χ1v) is 8.89. The van der Waals surface area contributed by atoms with E-state index in [9.17, 15) is 14.4 Å². The molecular formula is C20H21N3O5. The minimum absolute atomic E-state index is 0.0666. The van der Waals surface area contributed by atoms with E-state index in [0.717, 1.165) is 18.4 Å². The third kappa shape index (κ3) is 6.31. The molecule has 3 amide bonds. The smallest absolute Gasteiger partial charge is 0.327 e. The molecule has 0 radical (unpaired) electrons. The lowest BCUT2D eigenvalue weighted by molar-refractivity contribution is -0.141. The van der Waals surface area contributed by atoms with E-state index in [1.54, 1.807) is 24.3 Å². The molecule has 28 heavy (non-hydrogen) atoms. The predicted molar refractivity (Wildman–Crippen MR) is 100 cm³/mol. The third-order valence-electron chi connectivity index (χ3n) is 3.88. The van der Waals surface area contributed by atoms with Crippen molar-refractivity contribution >= 4 is 17.7 Å². The Balaban J connectivity index is 1.35. The van der Waals surface area contributed by atoms with E-state index >= 15 is 0 Å². The van der Waals surface area contributed by atoms with Gasteiger partial charge in [-0.25, -0.2) is 0 Å². The molecule has 1 aliphatic rings. The lowest BCUT2D eigenvalue weighted by Crippen LogP contribution is -2.50. The number of rotatable bonds is 7. The molecule has 0 atom stereocenters. The van der Waals surface area contributed by atoms with Crippen molar-refractivity contribution in [1.82, 2.24) is 16.2 Å². The zero-order valence-corrected chi connectivity index (χ0v) is 15.1. The number of carbonyl (C=O) groups is 3. The summed E-state index contributed by atoms with van der Waals surface area (Å²) in [5, 5.41) is 2.52. The Kier molecular flexibility index (Phi) is 6.46. The number of hydrogen-bond acceptors (Lipinski definition) is 5. The van der Waals surface area contributed by atoms with Crippen LogP contribution in [-0.2, 0) is 21.0 Å². The minimum Gasteiger partial charge on any atom is -0.489 e. The standard InChI is InChI=1S/C20H21N3O5/c24-18(22-23-20(26)19(25)21-15-6-7-15)13-28-17-10-8-16(9-11-17)27-12-14-4-2-1-3-5-14/h1-5,8-11,15H,6-7,12-13H2,(H,21,25)(H,22,24)(H,23,26). The first-order chi connectivity index (χ1) is 13.6. The fraction of sp³-hybridized carbons (Fsp3) is 0.250. The van der Waals surface area contributed by atoms with Crippen LogP contribution in [0.25, 0.3) is 0 Å². The molecule has 1 fully saturated rings. The highest BCUT2D eigenvalue weighted by molar-refractivity contribution is 6.35. The molecule has 0 aromatic heterocycles. The van der Waals surface area contributed by atoms with Crippen molar-refractivity contribution < 1.29 is 23.9 Å². The maximum absolute atomic E-state index is 11.7. The van der Waals surface area contributed by atoms with Crippen LogP contribution in [0.15, 0.2) is 54.6 Å². The van der Waals surface area contributed by atoms with Crippen LogP contribution >= 0.6 is 0 Å². The molecule has 146 valence electrons. The Morgan fingerprint density at radius 3 is 2.11 bits per heavy atom. The van der Waals surface area contributed by atoms with Crippen molar-refractivity contribution in [3.8, 4) is 11.5 Å². The fourth-order valence-corrected chi connectivity index (χ4v) is 2.22. The number of benzene rings is 2. The van der Waals surface area contributed by atoms with E-state index in [1.165, 1.54) is 0 Å². The SMILES string of the molecule is O=C(COc1ccc(OCc2ccccc2)cc1)NNC(=O)C(=O)NC1CC1. The van der Waals surface area contributed by atoms with Crippen LogP contribution in [0.1, 0.15) is 18.4 Å². The van der Waals surface area contributed by atoms with Gasteiger partial charge in [0, 0.05) is 6.04 Å². The Hall–Kier alpha value is -3.55.